The van der Waals surface area contributed by atoms with Gasteiger partial charge >= 0.3 is 0 Å². The quantitative estimate of drug-likeness (QED) is 0.721. The first-order valence-electron chi connectivity index (χ1n) is 4.68. The van der Waals surface area contributed by atoms with E-state index in [0.717, 1.165) is 5.82 Å². The minimum Gasteiger partial charge on any atom is -0.328 e. The molecular formula is C11H13N3. The second-order valence-corrected chi connectivity index (χ2v) is 3.34. The van der Waals surface area contributed by atoms with Crippen molar-refractivity contribution in [2.75, 3.05) is 0 Å². The van der Waals surface area contributed by atoms with Crippen molar-refractivity contribution in [3.05, 3.63) is 48.3 Å². The van der Waals surface area contributed by atoms with Crippen LogP contribution in [0.25, 0.3) is 0 Å². The maximum Gasteiger partial charge on any atom is 0.106 e. The largest absolute Gasteiger partial charge is 0.328 e. The molecule has 0 aliphatic rings. The minimum absolute atomic E-state index is 0.297. The number of rotatable bonds is 2. The van der Waals surface area contributed by atoms with E-state index in [1.54, 1.807) is 6.20 Å². The zero-order chi connectivity index (χ0) is 9.97. The van der Waals surface area contributed by atoms with Crippen LogP contribution in [0.1, 0.15) is 24.4 Å². The smallest absolute Gasteiger partial charge is 0.106 e. The molecule has 2 aromatic rings. The number of nitrogens with zero attached hydrogens (tertiary/aromatic N) is 3. The zero-order valence-corrected chi connectivity index (χ0v) is 8.38. The van der Waals surface area contributed by atoms with E-state index in [1.807, 2.05) is 31.6 Å². The molecule has 0 N–H and O–H groups in total. The summed E-state index contributed by atoms with van der Waals surface area (Å²) in [5, 5.41) is 0. The van der Waals surface area contributed by atoms with Gasteiger partial charge in [-0.3, -0.25) is 4.98 Å². The summed E-state index contributed by atoms with van der Waals surface area (Å²) < 4.78 is 2.14. The predicted molar refractivity (Wildman–Crippen MR) is 55.0 cm³/mol. The van der Waals surface area contributed by atoms with Crippen molar-refractivity contribution in [3.63, 3.8) is 0 Å². The highest BCUT2D eigenvalue weighted by Crippen LogP contribution is 2.17. The van der Waals surface area contributed by atoms with Crippen LogP contribution in [0.4, 0.5) is 0 Å². The molecular weight excluding hydrogens is 174 g/mol. The number of imidazole rings is 1. The molecule has 3 heteroatoms. The molecule has 0 spiro atoms. The molecule has 2 heterocycles. The van der Waals surface area contributed by atoms with Gasteiger partial charge in [0.1, 0.15) is 5.82 Å². The fourth-order valence-electron chi connectivity index (χ4n) is 1.58. The Morgan fingerprint density at radius 2 is 2.21 bits per heavy atom. The molecule has 0 saturated carbocycles. The molecule has 0 aliphatic carbocycles. The first-order chi connectivity index (χ1) is 6.79. The molecule has 0 radical (unpaired) electrons. The highest BCUT2D eigenvalue weighted by atomic mass is 15.1. The first-order valence-corrected chi connectivity index (χ1v) is 4.68. The molecule has 3 nitrogen and oxygen atoms in total. The van der Waals surface area contributed by atoms with E-state index in [1.165, 1.54) is 5.56 Å². The maximum absolute atomic E-state index is 4.21. The molecule has 2 aromatic heterocycles. The van der Waals surface area contributed by atoms with Crippen LogP contribution >= 0.6 is 0 Å². The van der Waals surface area contributed by atoms with E-state index in [-0.39, 0.29) is 0 Å². The Morgan fingerprint density at radius 3 is 2.79 bits per heavy atom. The summed E-state index contributed by atoms with van der Waals surface area (Å²) in [6, 6.07) is 4.33. The summed E-state index contributed by atoms with van der Waals surface area (Å²) in [6.45, 7) is 4.15. The van der Waals surface area contributed by atoms with Gasteiger partial charge in [0.25, 0.3) is 0 Å². The Bertz CT molecular complexity index is 405. The molecule has 14 heavy (non-hydrogen) atoms. The second kappa shape index (κ2) is 3.62. The van der Waals surface area contributed by atoms with Gasteiger partial charge in [-0.2, -0.15) is 0 Å². The van der Waals surface area contributed by atoms with E-state index < -0.39 is 0 Å². The Labute approximate surface area is 83.4 Å². The standard InChI is InChI=1S/C11H13N3/c1-9(11-4-3-5-12-8-11)14-7-6-13-10(14)2/h3-9H,1-2H3. The lowest BCUT2D eigenvalue weighted by Gasteiger charge is -2.14. The van der Waals surface area contributed by atoms with Gasteiger partial charge in [-0.25, -0.2) is 4.98 Å². The number of aryl methyl sites for hydroxylation is 1. The van der Waals surface area contributed by atoms with Crippen molar-refractivity contribution in [1.82, 2.24) is 14.5 Å². The van der Waals surface area contributed by atoms with E-state index >= 15 is 0 Å². The Balaban J connectivity index is 2.34. The fourth-order valence-corrected chi connectivity index (χ4v) is 1.58. The van der Waals surface area contributed by atoms with Crippen LogP contribution in [0.3, 0.4) is 0 Å². The van der Waals surface area contributed by atoms with Crippen LogP contribution in [-0.4, -0.2) is 14.5 Å². The number of hydrogen-bond donors (Lipinski definition) is 0. The van der Waals surface area contributed by atoms with Crippen molar-refractivity contribution >= 4 is 0 Å². The second-order valence-electron chi connectivity index (χ2n) is 3.34. The zero-order valence-electron chi connectivity index (χ0n) is 8.38. The summed E-state index contributed by atoms with van der Waals surface area (Å²) in [7, 11) is 0. The molecule has 0 saturated heterocycles. The van der Waals surface area contributed by atoms with Crippen molar-refractivity contribution < 1.29 is 0 Å². The normalized spacial score (nSPS) is 12.7. The third-order valence-electron chi connectivity index (χ3n) is 2.45. The fraction of sp³-hybridized carbons (Fsp3) is 0.273. The monoisotopic (exact) mass is 187 g/mol. The van der Waals surface area contributed by atoms with Crippen LogP contribution in [0, 0.1) is 6.92 Å². The number of aromatic nitrogens is 3. The van der Waals surface area contributed by atoms with Gasteiger partial charge in [0, 0.05) is 24.8 Å². The maximum atomic E-state index is 4.21. The van der Waals surface area contributed by atoms with Crippen molar-refractivity contribution in [2.45, 2.75) is 19.9 Å². The lowest BCUT2D eigenvalue weighted by atomic mass is 10.1. The molecule has 0 fully saturated rings. The summed E-state index contributed by atoms with van der Waals surface area (Å²) in [6.07, 6.45) is 7.50. The van der Waals surface area contributed by atoms with Gasteiger partial charge in [-0.15, -0.1) is 0 Å². The lowest BCUT2D eigenvalue weighted by molar-refractivity contribution is 0.617. The van der Waals surface area contributed by atoms with Crippen molar-refractivity contribution in [2.24, 2.45) is 0 Å². The van der Waals surface area contributed by atoms with Crippen LogP contribution in [0.15, 0.2) is 36.9 Å². The molecule has 2 rings (SSSR count). The average Bonchev–Trinajstić information content (AvgIpc) is 2.65. The highest BCUT2D eigenvalue weighted by Gasteiger charge is 2.08. The molecule has 0 amide bonds. The van der Waals surface area contributed by atoms with Gasteiger partial charge in [-0.1, -0.05) is 6.07 Å². The Morgan fingerprint density at radius 1 is 1.36 bits per heavy atom. The van der Waals surface area contributed by atoms with Crippen LogP contribution < -0.4 is 0 Å². The van der Waals surface area contributed by atoms with E-state index in [4.69, 9.17) is 0 Å². The van der Waals surface area contributed by atoms with Gasteiger partial charge in [0.2, 0.25) is 0 Å². The summed E-state index contributed by atoms with van der Waals surface area (Å²) in [5.41, 5.74) is 1.20. The summed E-state index contributed by atoms with van der Waals surface area (Å²) in [4.78, 5) is 8.32. The lowest BCUT2D eigenvalue weighted by Crippen LogP contribution is -2.07. The topological polar surface area (TPSA) is 30.7 Å². The van der Waals surface area contributed by atoms with E-state index in [0.29, 0.717) is 6.04 Å². The van der Waals surface area contributed by atoms with Crippen molar-refractivity contribution in [1.29, 1.82) is 0 Å². The van der Waals surface area contributed by atoms with Crippen LogP contribution in [0.5, 0.6) is 0 Å². The highest BCUT2D eigenvalue weighted by molar-refractivity contribution is 5.15. The van der Waals surface area contributed by atoms with Gasteiger partial charge in [-0.05, 0) is 25.5 Å². The van der Waals surface area contributed by atoms with E-state index in [2.05, 4.69) is 27.5 Å². The predicted octanol–water partition coefficient (Wildman–Crippen LogP) is 2.20. The summed E-state index contributed by atoms with van der Waals surface area (Å²) >= 11 is 0. The SMILES string of the molecule is Cc1nccn1C(C)c1cccnc1. The van der Waals surface area contributed by atoms with Gasteiger partial charge in [0.15, 0.2) is 0 Å². The Kier molecular flexibility index (Phi) is 2.31. The van der Waals surface area contributed by atoms with Crippen LogP contribution in [-0.2, 0) is 0 Å². The molecule has 72 valence electrons. The molecule has 0 aromatic carbocycles. The molecule has 1 unspecified atom stereocenters. The first kappa shape index (κ1) is 8.94. The number of pyridine rings is 1. The molecule has 1 atom stereocenters. The van der Waals surface area contributed by atoms with Gasteiger partial charge in [0.05, 0.1) is 6.04 Å². The van der Waals surface area contributed by atoms with Crippen molar-refractivity contribution in [3.8, 4) is 0 Å². The Hall–Kier alpha value is -1.64. The third kappa shape index (κ3) is 1.53. The molecule has 0 aliphatic heterocycles. The third-order valence-corrected chi connectivity index (χ3v) is 2.45. The van der Waals surface area contributed by atoms with E-state index in [9.17, 15) is 0 Å². The average molecular weight is 187 g/mol. The summed E-state index contributed by atoms with van der Waals surface area (Å²) in [5.74, 6) is 1.03. The van der Waals surface area contributed by atoms with Crippen LogP contribution in [0.2, 0.25) is 0 Å². The van der Waals surface area contributed by atoms with Gasteiger partial charge < -0.3 is 4.57 Å². The minimum atomic E-state index is 0.297. The molecule has 0 bridgehead atoms. The number of hydrogen-bond acceptors (Lipinski definition) is 2.